The van der Waals surface area contributed by atoms with Gasteiger partial charge in [0.2, 0.25) is 0 Å². The molecule has 20 heavy (non-hydrogen) atoms. The fraction of sp³-hybridized carbons (Fsp3) is 0.462. The van der Waals surface area contributed by atoms with Crippen LogP contribution in [0.5, 0.6) is 0 Å². The van der Waals surface area contributed by atoms with Gasteiger partial charge in [0.25, 0.3) is 0 Å². The minimum atomic E-state index is -0.698. The Bertz CT molecular complexity index is 489. The van der Waals surface area contributed by atoms with E-state index in [-0.39, 0.29) is 17.8 Å². The van der Waals surface area contributed by atoms with Crippen LogP contribution in [0, 0.1) is 0 Å². The minimum Gasteiger partial charge on any atom is -0.457 e. The summed E-state index contributed by atoms with van der Waals surface area (Å²) in [5.74, 6) is -1.14. The maximum Gasteiger partial charge on any atom is 0.343 e. The third-order valence-corrected chi connectivity index (χ3v) is 3.26. The van der Waals surface area contributed by atoms with Crippen LogP contribution in [0.3, 0.4) is 0 Å². The van der Waals surface area contributed by atoms with Crippen molar-refractivity contribution in [3.63, 3.8) is 0 Å². The Kier molecular flexibility index (Phi) is 6.61. The monoisotopic (exact) mass is 408 g/mol. The number of ether oxygens (including phenoxy) is 2. The van der Waals surface area contributed by atoms with Gasteiger partial charge < -0.3 is 9.47 Å². The van der Waals surface area contributed by atoms with Gasteiger partial charge in [-0.05, 0) is 51.3 Å². The van der Waals surface area contributed by atoms with Gasteiger partial charge in [0.15, 0.2) is 5.76 Å². The van der Waals surface area contributed by atoms with E-state index in [0.29, 0.717) is 15.6 Å². The van der Waals surface area contributed by atoms with Gasteiger partial charge in [-0.15, -0.1) is 0 Å². The van der Waals surface area contributed by atoms with E-state index in [1.54, 1.807) is 0 Å². The number of allylic oxidation sites excluding steroid dienone is 1. The van der Waals surface area contributed by atoms with Gasteiger partial charge in [0, 0.05) is 0 Å². The molecule has 1 aliphatic heterocycles. The maximum atomic E-state index is 11.8. The molecule has 1 atom stereocenters. The zero-order valence-corrected chi connectivity index (χ0v) is 14.2. The lowest BCUT2D eigenvalue weighted by Crippen LogP contribution is -2.24. The number of esters is 2. The van der Waals surface area contributed by atoms with E-state index in [0.717, 1.165) is 6.42 Å². The number of hydrogen-bond acceptors (Lipinski definition) is 5. The standard InChI is InChI=1S/C13H14Br2O5/c1-3-4-9(19-11(17)5-7(2)16)8-6-10(12(14)15)20-13(8)18/h6,9H,3-5H2,1-2H3. The zero-order chi connectivity index (χ0) is 15.3. The number of hydrogen-bond donors (Lipinski definition) is 0. The van der Waals surface area contributed by atoms with E-state index < -0.39 is 18.0 Å². The number of carbonyl (C=O) groups is 3. The van der Waals surface area contributed by atoms with Crippen molar-refractivity contribution < 1.29 is 23.9 Å². The van der Waals surface area contributed by atoms with Gasteiger partial charge in [-0.1, -0.05) is 13.3 Å². The Hall–Kier alpha value is -0.950. The van der Waals surface area contributed by atoms with Crippen molar-refractivity contribution in [1.82, 2.24) is 0 Å². The highest BCUT2D eigenvalue weighted by Gasteiger charge is 2.31. The summed E-state index contributed by atoms with van der Waals surface area (Å²) in [5.41, 5.74) is 0.273. The second-order valence-corrected chi connectivity index (χ2v) is 6.91. The first kappa shape index (κ1) is 17.1. The molecule has 0 amide bonds. The summed E-state index contributed by atoms with van der Waals surface area (Å²) in [5, 5.41) is 0. The molecule has 0 fully saturated rings. The molecule has 0 radical (unpaired) electrons. The van der Waals surface area contributed by atoms with Crippen LogP contribution >= 0.6 is 31.9 Å². The van der Waals surface area contributed by atoms with Gasteiger partial charge in [0.1, 0.15) is 21.7 Å². The van der Waals surface area contributed by atoms with Crippen LogP contribution in [0.15, 0.2) is 20.8 Å². The Morgan fingerprint density at radius 2 is 2.05 bits per heavy atom. The Morgan fingerprint density at radius 3 is 2.50 bits per heavy atom. The van der Waals surface area contributed by atoms with Crippen molar-refractivity contribution in [1.29, 1.82) is 0 Å². The third kappa shape index (κ3) is 4.86. The predicted octanol–water partition coefficient (Wildman–Crippen LogP) is 3.12. The summed E-state index contributed by atoms with van der Waals surface area (Å²) in [7, 11) is 0. The van der Waals surface area contributed by atoms with Crippen LogP contribution in [0.4, 0.5) is 0 Å². The molecule has 0 bridgehead atoms. The van der Waals surface area contributed by atoms with Crippen LogP contribution in [-0.4, -0.2) is 23.8 Å². The summed E-state index contributed by atoms with van der Waals surface area (Å²) in [6.07, 6.45) is 1.72. The van der Waals surface area contributed by atoms with Gasteiger partial charge in [-0.3, -0.25) is 9.59 Å². The van der Waals surface area contributed by atoms with E-state index in [4.69, 9.17) is 9.47 Å². The van der Waals surface area contributed by atoms with Gasteiger partial charge in [-0.25, -0.2) is 4.79 Å². The maximum absolute atomic E-state index is 11.8. The van der Waals surface area contributed by atoms with Gasteiger partial charge >= 0.3 is 11.9 Å². The summed E-state index contributed by atoms with van der Waals surface area (Å²) in [4.78, 5) is 34.2. The van der Waals surface area contributed by atoms with E-state index in [2.05, 4.69) is 31.9 Å². The predicted molar refractivity (Wildman–Crippen MR) is 79.1 cm³/mol. The SMILES string of the molecule is CCCC(OC(=O)CC(C)=O)C1=CC(=C(Br)Br)OC1=O. The number of halogens is 2. The molecule has 1 rings (SSSR count). The van der Waals surface area contributed by atoms with Crippen LogP contribution in [0.2, 0.25) is 0 Å². The lowest BCUT2D eigenvalue weighted by molar-refractivity contribution is -0.150. The van der Waals surface area contributed by atoms with Gasteiger partial charge in [-0.2, -0.15) is 0 Å². The number of cyclic esters (lactones) is 1. The molecule has 5 nitrogen and oxygen atoms in total. The summed E-state index contributed by atoms with van der Waals surface area (Å²) < 4.78 is 10.7. The smallest absolute Gasteiger partial charge is 0.343 e. The van der Waals surface area contributed by atoms with Crippen LogP contribution < -0.4 is 0 Å². The van der Waals surface area contributed by atoms with Crippen molar-refractivity contribution in [2.45, 2.75) is 39.2 Å². The molecule has 1 aliphatic rings. The van der Waals surface area contributed by atoms with E-state index in [1.165, 1.54) is 13.0 Å². The Labute approximate surface area is 133 Å². The number of rotatable bonds is 6. The molecule has 7 heteroatoms. The molecular weight excluding hydrogens is 396 g/mol. The lowest BCUT2D eigenvalue weighted by atomic mass is 10.1. The fourth-order valence-corrected chi connectivity index (χ4v) is 2.04. The average molecular weight is 410 g/mol. The largest absolute Gasteiger partial charge is 0.457 e. The molecule has 0 spiro atoms. The topological polar surface area (TPSA) is 69.7 Å². The lowest BCUT2D eigenvalue weighted by Gasteiger charge is -2.16. The van der Waals surface area contributed by atoms with Crippen molar-refractivity contribution in [3.05, 3.63) is 20.8 Å². The van der Waals surface area contributed by atoms with Crippen molar-refractivity contribution >= 4 is 49.6 Å². The van der Waals surface area contributed by atoms with Crippen molar-refractivity contribution in [2.75, 3.05) is 0 Å². The van der Waals surface area contributed by atoms with Crippen molar-refractivity contribution in [2.24, 2.45) is 0 Å². The van der Waals surface area contributed by atoms with Crippen molar-refractivity contribution in [3.8, 4) is 0 Å². The summed E-state index contributed by atoms with van der Waals surface area (Å²) in [6, 6.07) is 0. The first-order valence-corrected chi connectivity index (χ1v) is 7.61. The highest BCUT2D eigenvalue weighted by Crippen LogP contribution is 2.30. The number of carbonyl (C=O) groups excluding carboxylic acids is 3. The molecule has 0 saturated carbocycles. The Balaban J connectivity index is 2.88. The Morgan fingerprint density at radius 1 is 1.40 bits per heavy atom. The van der Waals surface area contributed by atoms with Crippen LogP contribution in [0.25, 0.3) is 0 Å². The first-order valence-electron chi connectivity index (χ1n) is 6.03. The van der Waals surface area contributed by atoms with Gasteiger partial charge in [0.05, 0.1) is 5.57 Å². The molecule has 0 aliphatic carbocycles. The summed E-state index contributed by atoms with van der Waals surface area (Å²) >= 11 is 6.30. The molecule has 0 aromatic carbocycles. The average Bonchev–Trinajstić information content (AvgIpc) is 2.70. The molecule has 0 saturated heterocycles. The minimum absolute atomic E-state index is 0.273. The molecule has 0 aromatic heterocycles. The van der Waals surface area contributed by atoms with E-state index in [1.807, 2.05) is 6.92 Å². The molecule has 1 unspecified atom stereocenters. The third-order valence-electron chi connectivity index (χ3n) is 2.48. The van der Waals surface area contributed by atoms with E-state index in [9.17, 15) is 14.4 Å². The normalized spacial score (nSPS) is 15.5. The molecule has 1 heterocycles. The second kappa shape index (κ2) is 7.73. The zero-order valence-electron chi connectivity index (χ0n) is 11.1. The highest BCUT2D eigenvalue weighted by molar-refractivity contribution is 9.28. The quantitative estimate of drug-likeness (QED) is 0.497. The van der Waals surface area contributed by atoms with Crippen LogP contribution in [0.1, 0.15) is 33.1 Å². The van der Waals surface area contributed by atoms with Crippen LogP contribution in [-0.2, 0) is 23.9 Å². The molecule has 0 N–H and O–H groups in total. The fourth-order valence-electron chi connectivity index (χ4n) is 1.65. The molecular formula is C13H14Br2O5. The second-order valence-electron chi connectivity index (χ2n) is 4.26. The number of ketones is 1. The number of Topliss-reactive ketones (excluding diaryl/α,β-unsaturated/α-hetero) is 1. The molecule has 110 valence electrons. The van der Waals surface area contributed by atoms with E-state index >= 15 is 0 Å². The summed E-state index contributed by atoms with van der Waals surface area (Å²) in [6.45, 7) is 3.21. The highest BCUT2D eigenvalue weighted by atomic mass is 79.9. The molecule has 0 aromatic rings. The first-order chi connectivity index (χ1) is 9.35.